The topological polar surface area (TPSA) is 76.7 Å². The molecule has 2 aromatic rings. The van der Waals surface area contributed by atoms with Gasteiger partial charge < -0.3 is 20.1 Å². The number of carbonyl (C=O) groups excluding carboxylic acids is 2. The lowest BCUT2D eigenvalue weighted by molar-refractivity contribution is -0.115. The first kappa shape index (κ1) is 19.3. The Balaban J connectivity index is 1.98. The molecule has 0 saturated carbocycles. The van der Waals surface area contributed by atoms with Crippen molar-refractivity contribution in [2.24, 2.45) is 0 Å². The Morgan fingerprint density at radius 3 is 2.04 bits per heavy atom. The van der Waals surface area contributed by atoms with Gasteiger partial charge in [0, 0.05) is 5.69 Å². The Kier molecular flexibility index (Phi) is 6.60. The van der Waals surface area contributed by atoms with Crippen LogP contribution in [-0.4, -0.2) is 32.6 Å². The zero-order chi connectivity index (χ0) is 19.1. The van der Waals surface area contributed by atoms with Gasteiger partial charge in [0.15, 0.2) is 0 Å². The van der Waals surface area contributed by atoms with Crippen molar-refractivity contribution in [3.63, 3.8) is 0 Å². The van der Waals surface area contributed by atoms with Crippen LogP contribution < -0.4 is 20.1 Å². The van der Waals surface area contributed by atoms with Crippen molar-refractivity contribution in [3.8, 4) is 11.5 Å². The van der Waals surface area contributed by atoms with E-state index in [1.54, 1.807) is 18.2 Å². The molecular formula is C20H24N2O4. The summed E-state index contributed by atoms with van der Waals surface area (Å²) < 4.78 is 10.4. The van der Waals surface area contributed by atoms with Gasteiger partial charge in [-0.3, -0.25) is 9.59 Å². The molecule has 0 heterocycles. The first-order valence-corrected chi connectivity index (χ1v) is 8.35. The average molecular weight is 356 g/mol. The van der Waals surface area contributed by atoms with Gasteiger partial charge in [0.1, 0.15) is 17.1 Å². The van der Waals surface area contributed by atoms with Crippen LogP contribution in [0.3, 0.4) is 0 Å². The van der Waals surface area contributed by atoms with Gasteiger partial charge in [-0.1, -0.05) is 32.0 Å². The average Bonchev–Trinajstić information content (AvgIpc) is 2.65. The quantitative estimate of drug-likeness (QED) is 0.799. The Labute approximate surface area is 153 Å². The van der Waals surface area contributed by atoms with Gasteiger partial charge in [-0.2, -0.15) is 0 Å². The molecule has 0 spiro atoms. The number of hydrogen-bond donors (Lipinski definition) is 2. The number of methoxy groups -OCH3 is 2. The summed E-state index contributed by atoms with van der Waals surface area (Å²) >= 11 is 0. The molecule has 0 unspecified atom stereocenters. The zero-order valence-corrected chi connectivity index (χ0v) is 15.5. The number of benzene rings is 2. The van der Waals surface area contributed by atoms with E-state index in [4.69, 9.17) is 9.47 Å². The van der Waals surface area contributed by atoms with Gasteiger partial charge in [-0.15, -0.1) is 0 Å². The summed E-state index contributed by atoms with van der Waals surface area (Å²) in [6.07, 6.45) is 0. The number of amides is 2. The van der Waals surface area contributed by atoms with Gasteiger partial charge in [0.05, 0.1) is 20.8 Å². The molecule has 0 saturated heterocycles. The molecule has 26 heavy (non-hydrogen) atoms. The van der Waals surface area contributed by atoms with Crippen molar-refractivity contribution in [3.05, 3.63) is 53.6 Å². The first-order chi connectivity index (χ1) is 12.5. The SMILES string of the molecule is COc1cccc(OC)c1C(=O)NCC(=O)Nc1ccc(C(C)C)cc1. The highest BCUT2D eigenvalue weighted by Gasteiger charge is 2.18. The summed E-state index contributed by atoms with van der Waals surface area (Å²) in [5.41, 5.74) is 2.13. The molecule has 0 bridgehead atoms. The maximum absolute atomic E-state index is 12.4. The smallest absolute Gasteiger partial charge is 0.259 e. The van der Waals surface area contributed by atoms with E-state index in [0.29, 0.717) is 23.1 Å². The Bertz CT molecular complexity index is 748. The van der Waals surface area contributed by atoms with Crippen LogP contribution >= 0.6 is 0 Å². The second-order valence-electron chi connectivity index (χ2n) is 6.05. The van der Waals surface area contributed by atoms with E-state index >= 15 is 0 Å². The van der Waals surface area contributed by atoms with Crippen LogP contribution in [0.15, 0.2) is 42.5 Å². The van der Waals surface area contributed by atoms with E-state index in [1.165, 1.54) is 19.8 Å². The van der Waals surface area contributed by atoms with Crippen LogP contribution in [0.1, 0.15) is 35.7 Å². The Morgan fingerprint density at radius 1 is 0.962 bits per heavy atom. The van der Waals surface area contributed by atoms with E-state index in [1.807, 2.05) is 24.3 Å². The van der Waals surface area contributed by atoms with Gasteiger partial charge in [-0.05, 0) is 35.7 Å². The van der Waals surface area contributed by atoms with Crippen LogP contribution in [0.4, 0.5) is 5.69 Å². The van der Waals surface area contributed by atoms with E-state index in [-0.39, 0.29) is 18.0 Å². The maximum atomic E-state index is 12.4. The molecule has 0 atom stereocenters. The van der Waals surface area contributed by atoms with Crippen LogP contribution in [0.25, 0.3) is 0 Å². The van der Waals surface area contributed by atoms with Crippen molar-refractivity contribution in [1.29, 1.82) is 0 Å². The molecule has 0 aliphatic heterocycles. The van der Waals surface area contributed by atoms with E-state index < -0.39 is 5.91 Å². The predicted octanol–water partition coefficient (Wildman–Crippen LogP) is 3.20. The molecule has 2 rings (SSSR count). The van der Waals surface area contributed by atoms with Crippen molar-refractivity contribution >= 4 is 17.5 Å². The number of nitrogens with one attached hydrogen (secondary N) is 2. The number of anilines is 1. The number of ether oxygens (including phenoxy) is 2. The summed E-state index contributed by atoms with van der Waals surface area (Å²) in [5.74, 6) is 0.432. The number of hydrogen-bond acceptors (Lipinski definition) is 4. The molecule has 0 fully saturated rings. The normalized spacial score (nSPS) is 10.3. The molecule has 0 radical (unpaired) electrons. The second kappa shape index (κ2) is 8.89. The number of carbonyl (C=O) groups is 2. The molecule has 6 heteroatoms. The van der Waals surface area contributed by atoms with Gasteiger partial charge in [0.2, 0.25) is 5.91 Å². The zero-order valence-electron chi connectivity index (χ0n) is 15.5. The lowest BCUT2D eigenvalue weighted by Gasteiger charge is -2.13. The Hall–Kier alpha value is -3.02. The minimum Gasteiger partial charge on any atom is -0.496 e. The molecule has 2 aromatic carbocycles. The first-order valence-electron chi connectivity index (χ1n) is 8.35. The third kappa shape index (κ3) is 4.75. The lowest BCUT2D eigenvalue weighted by atomic mass is 10.0. The highest BCUT2D eigenvalue weighted by atomic mass is 16.5. The van der Waals surface area contributed by atoms with E-state index in [0.717, 1.165) is 0 Å². The molecule has 2 N–H and O–H groups in total. The van der Waals surface area contributed by atoms with Crippen molar-refractivity contribution < 1.29 is 19.1 Å². The third-order valence-corrected chi connectivity index (χ3v) is 3.93. The van der Waals surface area contributed by atoms with Crippen LogP contribution in [0.2, 0.25) is 0 Å². The van der Waals surface area contributed by atoms with Crippen molar-refractivity contribution in [2.45, 2.75) is 19.8 Å². The minimum atomic E-state index is -0.440. The summed E-state index contributed by atoms with van der Waals surface area (Å²) in [6, 6.07) is 12.7. The molecule has 0 aliphatic carbocycles. The van der Waals surface area contributed by atoms with Crippen LogP contribution in [-0.2, 0) is 4.79 Å². The molecule has 6 nitrogen and oxygen atoms in total. The fourth-order valence-electron chi connectivity index (χ4n) is 2.48. The predicted molar refractivity (Wildman–Crippen MR) is 101 cm³/mol. The second-order valence-corrected chi connectivity index (χ2v) is 6.05. The van der Waals surface area contributed by atoms with Gasteiger partial charge >= 0.3 is 0 Å². The number of rotatable bonds is 7. The molecular weight excluding hydrogens is 332 g/mol. The van der Waals surface area contributed by atoms with Crippen LogP contribution in [0.5, 0.6) is 11.5 Å². The molecule has 0 aliphatic rings. The summed E-state index contributed by atoms with van der Waals surface area (Å²) in [4.78, 5) is 24.5. The Morgan fingerprint density at radius 2 is 1.54 bits per heavy atom. The highest BCUT2D eigenvalue weighted by Crippen LogP contribution is 2.27. The van der Waals surface area contributed by atoms with Crippen LogP contribution in [0, 0.1) is 0 Å². The van der Waals surface area contributed by atoms with Gasteiger partial charge in [0.25, 0.3) is 5.91 Å². The maximum Gasteiger partial charge on any atom is 0.259 e. The van der Waals surface area contributed by atoms with Gasteiger partial charge in [-0.25, -0.2) is 0 Å². The fraction of sp³-hybridized carbons (Fsp3) is 0.300. The largest absolute Gasteiger partial charge is 0.496 e. The van der Waals surface area contributed by atoms with Crippen molar-refractivity contribution in [2.75, 3.05) is 26.1 Å². The lowest BCUT2D eigenvalue weighted by Crippen LogP contribution is -2.33. The standard InChI is InChI=1S/C20H24N2O4/c1-13(2)14-8-10-15(11-9-14)22-18(23)12-21-20(24)19-16(25-3)6-5-7-17(19)26-4/h5-11,13H,12H2,1-4H3,(H,21,24)(H,22,23). The monoisotopic (exact) mass is 356 g/mol. The molecule has 138 valence electrons. The summed E-state index contributed by atoms with van der Waals surface area (Å²) in [5, 5.41) is 5.34. The molecule has 2 amide bonds. The fourth-order valence-corrected chi connectivity index (χ4v) is 2.48. The van der Waals surface area contributed by atoms with E-state index in [9.17, 15) is 9.59 Å². The summed E-state index contributed by atoms with van der Waals surface area (Å²) in [7, 11) is 2.94. The minimum absolute atomic E-state index is 0.161. The third-order valence-electron chi connectivity index (χ3n) is 3.93. The highest BCUT2D eigenvalue weighted by molar-refractivity contribution is 6.02. The summed E-state index contributed by atoms with van der Waals surface area (Å²) in [6.45, 7) is 4.05. The molecule has 0 aromatic heterocycles. The van der Waals surface area contributed by atoms with E-state index in [2.05, 4.69) is 24.5 Å². The van der Waals surface area contributed by atoms with Crippen molar-refractivity contribution in [1.82, 2.24) is 5.32 Å².